The lowest BCUT2D eigenvalue weighted by atomic mass is 9.80. The number of hydrogen-bond acceptors (Lipinski definition) is 4. The molecule has 0 atom stereocenters. The summed E-state index contributed by atoms with van der Waals surface area (Å²) < 4.78 is 48.2. The molecule has 1 aliphatic carbocycles. The van der Waals surface area contributed by atoms with Gasteiger partial charge in [0.1, 0.15) is 5.56 Å². The van der Waals surface area contributed by atoms with Gasteiger partial charge in [-0.15, -0.1) is 0 Å². The molecule has 0 unspecified atom stereocenters. The van der Waals surface area contributed by atoms with E-state index in [1.54, 1.807) is 6.07 Å². The minimum Gasteiger partial charge on any atom is -0.450 e. The van der Waals surface area contributed by atoms with E-state index in [4.69, 9.17) is 15.2 Å². The summed E-state index contributed by atoms with van der Waals surface area (Å²) in [5.74, 6) is -1.96. The van der Waals surface area contributed by atoms with Gasteiger partial charge in [-0.1, -0.05) is 0 Å². The summed E-state index contributed by atoms with van der Waals surface area (Å²) >= 11 is 0. The lowest BCUT2D eigenvalue weighted by Crippen LogP contribution is -2.27. The van der Waals surface area contributed by atoms with Crippen molar-refractivity contribution in [2.75, 3.05) is 13.9 Å². The Morgan fingerprint density at radius 2 is 1.96 bits per heavy atom. The van der Waals surface area contributed by atoms with Gasteiger partial charge in [-0.3, -0.25) is 4.79 Å². The summed E-state index contributed by atoms with van der Waals surface area (Å²) in [6, 6.07) is 3.11. The number of primary amides is 1. The van der Waals surface area contributed by atoms with Crippen LogP contribution in [0.2, 0.25) is 0 Å². The highest BCUT2D eigenvalue weighted by Crippen LogP contribution is 2.42. The van der Waals surface area contributed by atoms with Gasteiger partial charge in [0.15, 0.2) is 6.79 Å². The molecule has 0 bridgehead atoms. The highest BCUT2D eigenvalue weighted by molar-refractivity contribution is 5.95. The molecule has 128 valence electrons. The molecule has 1 heterocycles. The van der Waals surface area contributed by atoms with Crippen LogP contribution in [-0.2, 0) is 4.74 Å². The van der Waals surface area contributed by atoms with Gasteiger partial charge >= 0.3 is 6.18 Å². The molecule has 0 radical (unpaired) electrons. The Hall–Kier alpha value is -1.83. The number of carbonyl (C=O) groups excluding carboxylic acids is 1. The predicted molar refractivity (Wildman–Crippen MR) is 76.0 cm³/mol. The van der Waals surface area contributed by atoms with E-state index in [-0.39, 0.29) is 37.0 Å². The van der Waals surface area contributed by atoms with Crippen molar-refractivity contribution in [2.45, 2.75) is 37.8 Å². The number of amides is 1. The zero-order valence-electron chi connectivity index (χ0n) is 12.7. The fourth-order valence-corrected chi connectivity index (χ4v) is 2.81. The van der Waals surface area contributed by atoms with Crippen LogP contribution in [0.3, 0.4) is 0 Å². The van der Waals surface area contributed by atoms with E-state index in [0.29, 0.717) is 18.5 Å². The number of pyridine rings is 1. The number of nitrogens with two attached hydrogens (primary N) is 1. The van der Waals surface area contributed by atoms with Gasteiger partial charge < -0.3 is 15.2 Å². The second-order valence-corrected chi connectivity index (χ2v) is 5.59. The number of alkyl halides is 3. The molecule has 0 spiro atoms. The Morgan fingerprint density at radius 3 is 2.48 bits per heavy atom. The molecule has 0 aliphatic heterocycles. The fraction of sp³-hybridized carbons (Fsp3) is 0.600. The monoisotopic (exact) mass is 332 g/mol. The summed E-state index contributed by atoms with van der Waals surface area (Å²) in [6.07, 6.45) is -3.17. The quantitative estimate of drug-likeness (QED) is 0.841. The normalized spacial score (nSPS) is 21.9. The number of methoxy groups -OCH3 is 1. The Morgan fingerprint density at radius 1 is 1.30 bits per heavy atom. The first-order valence-corrected chi connectivity index (χ1v) is 7.32. The van der Waals surface area contributed by atoms with Crippen LogP contribution in [0.25, 0.3) is 0 Å². The first-order chi connectivity index (χ1) is 10.8. The van der Waals surface area contributed by atoms with Crippen molar-refractivity contribution in [2.24, 2.45) is 11.7 Å². The molecule has 1 aromatic heterocycles. The number of nitrogens with zero attached hydrogens (tertiary/aromatic N) is 1. The Labute approximate surface area is 132 Å². The Kier molecular flexibility index (Phi) is 5.46. The zero-order chi connectivity index (χ0) is 17.0. The van der Waals surface area contributed by atoms with Crippen LogP contribution in [0.5, 0.6) is 5.88 Å². The molecule has 2 rings (SSSR count). The second kappa shape index (κ2) is 7.16. The maximum atomic E-state index is 12.7. The highest BCUT2D eigenvalue weighted by Gasteiger charge is 2.41. The number of rotatable bonds is 5. The molecule has 0 saturated heterocycles. The third kappa shape index (κ3) is 4.34. The van der Waals surface area contributed by atoms with Crippen LogP contribution >= 0.6 is 0 Å². The number of carbonyl (C=O) groups is 1. The molecular weight excluding hydrogens is 313 g/mol. The molecule has 1 amide bonds. The molecule has 2 N–H and O–H groups in total. The number of ether oxygens (including phenoxy) is 2. The Balaban J connectivity index is 2.13. The van der Waals surface area contributed by atoms with Crippen molar-refractivity contribution in [1.82, 2.24) is 4.98 Å². The molecule has 1 saturated carbocycles. The molecular formula is C15H19F3N2O3. The van der Waals surface area contributed by atoms with Crippen LogP contribution < -0.4 is 10.5 Å². The molecule has 8 heteroatoms. The third-order valence-corrected chi connectivity index (χ3v) is 4.07. The second-order valence-electron chi connectivity index (χ2n) is 5.59. The van der Waals surface area contributed by atoms with Crippen molar-refractivity contribution in [3.8, 4) is 5.88 Å². The van der Waals surface area contributed by atoms with Gasteiger partial charge in [-0.25, -0.2) is 4.98 Å². The van der Waals surface area contributed by atoms with Gasteiger partial charge in [0.25, 0.3) is 5.91 Å². The van der Waals surface area contributed by atoms with E-state index in [1.807, 2.05) is 0 Å². The summed E-state index contributed by atoms with van der Waals surface area (Å²) in [6.45, 7) is -0.0997. The average molecular weight is 332 g/mol. The average Bonchev–Trinajstić information content (AvgIpc) is 2.51. The minimum atomic E-state index is -4.14. The molecule has 23 heavy (non-hydrogen) atoms. The lowest BCUT2D eigenvalue weighted by Gasteiger charge is -2.29. The number of halogens is 3. The van der Waals surface area contributed by atoms with Crippen LogP contribution in [-0.4, -0.2) is 31.0 Å². The van der Waals surface area contributed by atoms with Crippen LogP contribution in [0, 0.1) is 5.92 Å². The maximum absolute atomic E-state index is 12.7. The fourth-order valence-electron chi connectivity index (χ4n) is 2.81. The summed E-state index contributed by atoms with van der Waals surface area (Å²) in [5.41, 5.74) is 5.99. The van der Waals surface area contributed by atoms with E-state index in [2.05, 4.69) is 4.98 Å². The zero-order valence-corrected chi connectivity index (χ0v) is 12.7. The minimum absolute atomic E-state index is 0.0507. The van der Waals surface area contributed by atoms with Crippen molar-refractivity contribution in [1.29, 1.82) is 0 Å². The van der Waals surface area contributed by atoms with Crippen molar-refractivity contribution < 1.29 is 27.4 Å². The first kappa shape index (κ1) is 17.5. The van der Waals surface area contributed by atoms with Crippen molar-refractivity contribution in [3.05, 3.63) is 23.4 Å². The standard InChI is InChI=1S/C15H19F3N2O3/c1-22-8-23-14-11(13(19)21)6-7-12(20-14)9-2-4-10(5-3-9)15(16,17)18/h6-7,9-10H,2-5,8H2,1H3,(H2,19,21). The number of aromatic nitrogens is 1. The summed E-state index contributed by atoms with van der Waals surface area (Å²) in [4.78, 5) is 15.6. The van der Waals surface area contributed by atoms with Gasteiger partial charge in [0, 0.05) is 18.7 Å². The van der Waals surface area contributed by atoms with Gasteiger partial charge in [0.05, 0.1) is 5.92 Å². The Bertz CT molecular complexity index is 555. The summed E-state index contributed by atoms with van der Waals surface area (Å²) in [7, 11) is 1.42. The molecule has 5 nitrogen and oxygen atoms in total. The van der Waals surface area contributed by atoms with Crippen LogP contribution in [0.1, 0.15) is 47.7 Å². The van der Waals surface area contributed by atoms with Gasteiger partial charge in [0.2, 0.25) is 5.88 Å². The van der Waals surface area contributed by atoms with E-state index in [9.17, 15) is 18.0 Å². The summed E-state index contributed by atoms with van der Waals surface area (Å²) in [5, 5.41) is 0. The van der Waals surface area contributed by atoms with Gasteiger partial charge in [-0.2, -0.15) is 13.2 Å². The van der Waals surface area contributed by atoms with Gasteiger partial charge in [-0.05, 0) is 37.8 Å². The van der Waals surface area contributed by atoms with E-state index in [0.717, 1.165) is 0 Å². The molecule has 0 aromatic carbocycles. The SMILES string of the molecule is COCOc1nc(C2CCC(C(F)(F)F)CC2)ccc1C(N)=O. The third-order valence-electron chi connectivity index (χ3n) is 4.07. The first-order valence-electron chi connectivity index (χ1n) is 7.32. The number of hydrogen-bond donors (Lipinski definition) is 1. The predicted octanol–water partition coefficient (Wildman–Crippen LogP) is 3.00. The van der Waals surface area contributed by atoms with E-state index in [1.165, 1.54) is 13.2 Å². The largest absolute Gasteiger partial charge is 0.450 e. The van der Waals surface area contributed by atoms with Crippen molar-refractivity contribution in [3.63, 3.8) is 0 Å². The van der Waals surface area contributed by atoms with E-state index >= 15 is 0 Å². The van der Waals surface area contributed by atoms with Crippen LogP contribution in [0.15, 0.2) is 12.1 Å². The lowest BCUT2D eigenvalue weighted by molar-refractivity contribution is -0.182. The molecule has 1 aliphatic rings. The molecule has 1 aromatic rings. The topological polar surface area (TPSA) is 74.4 Å². The van der Waals surface area contributed by atoms with Crippen molar-refractivity contribution >= 4 is 5.91 Å². The highest BCUT2D eigenvalue weighted by atomic mass is 19.4. The molecule has 1 fully saturated rings. The smallest absolute Gasteiger partial charge is 0.391 e. The van der Waals surface area contributed by atoms with Crippen LogP contribution in [0.4, 0.5) is 13.2 Å². The van der Waals surface area contributed by atoms with E-state index < -0.39 is 18.0 Å². The maximum Gasteiger partial charge on any atom is 0.391 e.